The number of rotatable bonds is 4. The molecule has 1 saturated carbocycles. The molecule has 1 aromatic carbocycles. The maximum Gasteiger partial charge on any atom is 0.337 e. The number of aromatic carboxylic acids is 1. The maximum absolute atomic E-state index is 11.1. The Hall–Kier alpha value is -1.71. The molecule has 0 aromatic heterocycles. The first-order valence-electron chi connectivity index (χ1n) is 6.92. The number of hydrogen-bond acceptors (Lipinski definition) is 3. The average Bonchev–Trinajstić information content (AvgIpc) is 2.72. The zero-order chi connectivity index (χ0) is 14.0. The summed E-state index contributed by atoms with van der Waals surface area (Å²) in [7, 11) is 0. The molecule has 3 unspecified atom stereocenters. The number of nitrogens with one attached hydrogen (secondary N) is 1. The third-order valence-electron chi connectivity index (χ3n) is 4.39. The summed E-state index contributed by atoms with van der Waals surface area (Å²) in [5.74, 6) is 0.410. The molecular formula is C15H22N2O2. The summed E-state index contributed by atoms with van der Waals surface area (Å²) in [6.07, 6.45) is 3.60. The second-order valence-electron chi connectivity index (χ2n) is 5.46. The Morgan fingerprint density at radius 2 is 2.21 bits per heavy atom. The standard InChI is InChI=1S/C15H22N2O2/c1-3-10-4-7-14(9(10)2)17-11-5-6-13(16)12(8-11)15(18)19/h5-6,8-10,14,17H,3-4,7,16H2,1-2H3,(H,18,19). The van der Waals surface area contributed by atoms with Crippen molar-refractivity contribution in [1.29, 1.82) is 0 Å². The van der Waals surface area contributed by atoms with Crippen molar-refractivity contribution in [3.05, 3.63) is 23.8 Å². The molecule has 4 N–H and O–H groups in total. The van der Waals surface area contributed by atoms with Crippen LogP contribution in [0, 0.1) is 11.8 Å². The molecule has 104 valence electrons. The lowest BCUT2D eigenvalue weighted by atomic mass is 9.93. The fourth-order valence-electron chi connectivity index (χ4n) is 3.07. The van der Waals surface area contributed by atoms with Gasteiger partial charge in [-0.1, -0.05) is 20.3 Å². The minimum absolute atomic E-state index is 0.169. The van der Waals surface area contributed by atoms with E-state index in [1.165, 1.54) is 12.8 Å². The normalized spacial score (nSPS) is 26.3. The van der Waals surface area contributed by atoms with E-state index in [4.69, 9.17) is 10.8 Å². The van der Waals surface area contributed by atoms with Gasteiger partial charge in [0.1, 0.15) is 0 Å². The van der Waals surface area contributed by atoms with Crippen LogP contribution in [0.1, 0.15) is 43.5 Å². The van der Waals surface area contributed by atoms with E-state index in [1.807, 2.05) is 6.07 Å². The summed E-state index contributed by atoms with van der Waals surface area (Å²) in [5.41, 5.74) is 6.99. The van der Waals surface area contributed by atoms with Crippen molar-refractivity contribution in [1.82, 2.24) is 0 Å². The lowest BCUT2D eigenvalue weighted by Gasteiger charge is -2.22. The van der Waals surface area contributed by atoms with Crippen molar-refractivity contribution >= 4 is 17.3 Å². The first-order valence-corrected chi connectivity index (χ1v) is 6.92. The second-order valence-corrected chi connectivity index (χ2v) is 5.46. The van der Waals surface area contributed by atoms with Crippen molar-refractivity contribution in [3.8, 4) is 0 Å². The lowest BCUT2D eigenvalue weighted by Crippen LogP contribution is -2.24. The molecule has 4 nitrogen and oxygen atoms in total. The van der Waals surface area contributed by atoms with E-state index in [-0.39, 0.29) is 5.56 Å². The Morgan fingerprint density at radius 3 is 2.79 bits per heavy atom. The van der Waals surface area contributed by atoms with Crippen LogP contribution in [0.2, 0.25) is 0 Å². The predicted molar refractivity (Wildman–Crippen MR) is 77.4 cm³/mol. The highest BCUT2D eigenvalue weighted by Crippen LogP contribution is 2.35. The number of nitrogen functional groups attached to an aromatic ring is 1. The molecule has 0 radical (unpaired) electrons. The Morgan fingerprint density at radius 1 is 1.47 bits per heavy atom. The second kappa shape index (κ2) is 5.51. The topological polar surface area (TPSA) is 75.3 Å². The van der Waals surface area contributed by atoms with E-state index in [2.05, 4.69) is 19.2 Å². The van der Waals surface area contributed by atoms with Crippen LogP contribution in [0.25, 0.3) is 0 Å². The molecule has 4 heteroatoms. The van der Waals surface area contributed by atoms with Gasteiger partial charge in [-0.2, -0.15) is 0 Å². The summed E-state index contributed by atoms with van der Waals surface area (Å²) in [6, 6.07) is 5.57. The first-order chi connectivity index (χ1) is 9.02. The number of carbonyl (C=O) groups is 1. The fourth-order valence-corrected chi connectivity index (χ4v) is 3.07. The van der Waals surface area contributed by atoms with E-state index >= 15 is 0 Å². The van der Waals surface area contributed by atoms with Crippen LogP contribution in [-0.4, -0.2) is 17.1 Å². The average molecular weight is 262 g/mol. The van der Waals surface area contributed by atoms with Gasteiger partial charge in [-0.25, -0.2) is 4.79 Å². The molecule has 0 bridgehead atoms. The van der Waals surface area contributed by atoms with Crippen molar-refractivity contribution in [2.45, 2.75) is 39.2 Å². The van der Waals surface area contributed by atoms with Crippen molar-refractivity contribution in [2.24, 2.45) is 11.8 Å². The van der Waals surface area contributed by atoms with Crippen LogP contribution >= 0.6 is 0 Å². The molecular weight excluding hydrogens is 240 g/mol. The van der Waals surface area contributed by atoms with Gasteiger partial charge in [0, 0.05) is 17.4 Å². The third-order valence-corrected chi connectivity index (χ3v) is 4.39. The number of hydrogen-bond donors (Lipinski definition) is 3. The zero-order valence-corrected chi connectivity index (χ0v) is 11.5. The molecule has 1 aliphatic rings. The smallest absolute Gasteiger partial charge is 0.337 e. The maximum atomic E-state index is 11.1. The highest BCUT2D eigenvalue weighted by molar-refractivity contribution is 5.94. The molecule has 0 spiro atoms. The van der Waals surface area contributed by atoms with E-state index in [9.17, 15) is 4.79 Å². The molecule has 1 fully saturated rings. The Bertz CT molecular complexity index is 473. The van der Waals surface area contributed by atoms with Crippen LogP contribution in [-0.2, 0) is 0 Å². The lowest BCUT2D eigenvalue weighted by molar-refractivity contribution is 0.0698. The van der Waals surface area contributed by atoms with E-state index < -0.39 is 5.97 Å². The van der Waals surface area contributed by atoms with Gasteiger partial charge in [-0.05, 0) is 42.9 Å². The van der Waals surface area contributed by atoms with Crippen LogP contribution in [0.4, 0.5) is 11.4 Å². The van der Waals surface area contributed by atoms with Gasteiger partial charge >= 0.3 is 5.97 Å². The highest BCUT2D eigenvalue weighted by atomic mass is 16.4. The fraction of sp³-hybridized carbons (Fsp3) is 0.533. The molecule has 1 aliphatic carbocycles. The van der Waals surface area contributed by atoms with Crippen molar-refractivity contribution in [3.63, 3.8) is 0 Å². The molecule has 0 saturated heterocycles. The van der Waals surface area contributed by atoms with E-state index in [1.54, 1.807) is 12.1 Å². The van der Waals surface area contributed by atoms with Crippen molar-refractivity contribution < 1.29 is 9.90 Å². The Labute approximate surface area is 114 Å². The van der Waals surface area contributed by atoms with Gasteiger partial charge in [0.2, 0.25) is 0 Å². The SMILES string of the molecule is CCC1CCC(Nc2ccc(N)c(C(=O)O)c2)C1C. The zero-order valence-electron chi connectivity index (χ0n) is 11.5. The first kappa shape index (κ1) is 13.7. The minimum atomic E-state index is -0.980. The number of carboxylic acids is 1. The quantitative estimate of drug-likeness (QED) is 0.728. The van der Waals surface area contributed by atoms with E-state index in [0.717, 1.165) is 18.0 Å². The number of anilines is 2. The Kier molecular flexibility index (Phi) is 3.98. The summed E-state index contributed by atoms with van der Waals surface area (Å²) in [6.45, 7) is 4.50. The molecule has 0 heterocycles. The van der Waals surface area contributed by atoms with Crippen LogP contribution < -0.4 is 11.1 Å². The Balaban J connectivity index is 2.12. The summed E-state index contributed by atoms with van der Waals surface area (Å²) in [4.78, 5) is 11.1. The number of nitrogens with two attached hydrogens (primary N) is 1. The molecule has 3 atom stereocenters. The summed E-state index contributed by atoms with van der Waals surface area (Å²) < 4.78 is 0. The molecule has 0 aliphatic heterocycles. The molecule has 2 rings (SSSR count). The van der Waals surface area contributed by atoms with Gasteiger partial charge in [-0.15, -0.1) is 0 Å². The van der Waals surface area contributed by atoms with Crippen molar-refractivity contribution in [2.75, 3.05) is 11.1 Å². The van der Waals surface area contributed by atoms with Crippen LogP contribution in [0.5, 0.6) is 0 Å². The van der Waals surface area contributed by atoms with Gasteiger partial charge < -0.3 is 16.2 Å². The molecule has 19 heavy (non-hydrogen) atoms. The minimum Gasteiger partial charge on any atom is -0.478 e. The third kappa shape index (κ3) is 2.83. The summed E-state index contributed by atoms with van der Waals surface area (Å²) >= 11 is 0. The molecule has 1 aromatic rings. The van der Waals surface area contributed by atoms with Crippen LogP contribution in [0.3, 0.4) is 0 Å². The number of benzene rings is 1. The monoisotopic (exact) mass is 262 g/mol. The van der Waals surface area contributed by atoms with Gasteiger partial charge in [0.15, 0.2) is 0 Å². The molecule has 0 amide bonds. The van der Waals surface area contributed by atoms with Gasteiger partial charge in [0.25, 0.3) is 0 Å². The van der Waals surface area contributed by atoms with Crippen LogP contribution in [0.15, 0.2) is 18.2 Å². The summed E-state index contributed by atoms with van der Waals surface area (Å²) in [5, 5.41) is 12.5. The van der Waals surface area contributed by atoms with Gasteiger partial charge in [0.05, 0.1) is 5.56 Å². The highest BCUT2D eigenvalue weighted by Gasteiger charge is 2.31. The largest absolute Gasteiger partial charge is 0.478 e. The predicted octanol–water partition coefficient (Wildman–Crippen LogP) is 3.20. The van der Waals surface area contributed by atoms with E-state index in [0.29, 0.717) is 17.6 Å². The number of carboxylic acid groups (broad SMARTS) is 1. The van der Waals surface area contributed by atoms with Gasteiger partial charge in [-0.3, -0.25) is 0 Å².